The average Bonchev–Trinajstić information content (AvgIpc) is 3.06. The Labute approximate surface area is 275 Å². The lowest BCUT2D eigenvalue weighted by atomic mass is 10.0. The molecule has 0 aromatic heterocycles. The van der Waals surface area contributed by atoms with Gasteiger partial charge in [0.25, 0.3) is 0 Å². The van der Waals surface area contributed by atoms with Crippen LogP contribution < -0.4 is 16.0 Å². The molecule has 0 radical (unpaired) electrons. The third kappa shape index (κ3) is 18.2. The van der Waals surface area contributed by atoms with Crippen LogP contribution in [0.2, 0.25) is 0 Å². The summed E-state index contributed by atoms with van der Waals surface area (Å²) in [4.78, 5) is 49.0. The highest BCUT2D eigenvalue weighted by Crippen LogP contribution is 2.14. The van der Waals surface area contributed by atoms with Crippen LogP contribution in [0.4, 0.5) is 10.5 Å². The van der Waals surface area contributed by atoms with E-state index in [9.17, 15) is 19.2 Å². The van der Waals surface area contributed by atoms with Gasteiger partial charge in [0.2, 0.25) is 11.8 Å². The number of ether oxygens (including phenoxy) is 1. The number of hydrogen-bond acceptors (Lipinski definition) is 5. The molecule has 0 aliphatic heterocycles. The van der Waals surface area contributed by atoms with Gasteiger partial charge in [-0.15, -0.1) is 0 Å². The van der Waals surface area contributed by atoms with Crippen molar-refractivity contribution in [2.45, 2.75) is 129 Å². The predicted octanol–water partition coefficient (Wildman–Crippen LogP) is 8.39. The largest absolute Gasteiger partial charge is 0.478 e. The maximum atomic E-state index is 13.1. The third-order valence-electron chi connectivity index (χ3n) is 7.96. The number of unbranched alkanes of at least 4 members (excludes halogenated alkanes) is 13. The van der Waals surface area contributed by atoms with Gasteiger partial charge in [0.15, 0.2) is 0 Å². The first-order valence-corrected chi connectivity index (χ1v) is 17.3. The highest BCUT2D eigenvalue weighted by Gasteiger charge is 2.21. The van der Waals surface area contributed by atoms with Crippen LogP contribution in [0, 0.1) is 0 Å². The van der Waals surface area contributed by atoms with Gasteiger partial charge in [0.1, 0.15) is 12.6 Å². The molecule has 1 unspecified atom stereocenters. The molecule has 0 spiro atoms. The molecule has 0 saturated heterocycles. The summed E-state index contributed by atoms with van der Waals surface area (Å²) in [5.74, 6) is -1.57. The second kappa shape index (κ2) is 24.4. The van der Waals surface area contributed by atoms with Crippen LogP contribution in [-0.4, -0.2) is 41.6 Å². The topological polar surface area (TPSA) is 134 Å². The fourth-order valence-corrected chi connectivity index (χ4v) is 5.20. The predicted molar refractivity (Wildman–Crippen MR) is 183 cm³/mol. The standard InChI is InChI=1S/C37H55N3O6/c1-2-3-4-5-6-7-8-9-10-11-12-13-17-23-34(41)40-33(35(42)39-32-26-24-31(25-27-32)36(43)44)22-18-19-28-38-37(45)46-29-30-20-15-14-16-21-30/h14-16,20-21,24-27,33H,2-13,17-19,22-23,28-29H2,1H3,(H,38,45)(H,39,42)(H,40,41)(H,43,44). The SMILES string of the molecule is CCCCCCCCCCCCCCCC(=O)NC(CCCCNC(=O)OCc1ccccc1)C(=O)Nc1ccc(C(=O)O)cc1. The molecule has 1 atom stereocenters. The fraction of sp³-hybridized carbons (Fsp3) is 0.568. The number of carboxylic acid groups (broad SMARTS) is 1. The van der Waals surface area contributed by atoms with Crippen LogP contribution in [0.1, 0.15) is 132 Å². The highest BCUT2D eigenvalue weighted by atomic mass is 16.5. The molecule has 0 aliphatic carbocycles. The molecule has 0 aliphatic rings. The van der Waals surface area contributed by atoms with Crippen molar-refractivity contribution in [1.82, 2.24) is 10.6 Å². The van der Waals surface area contributed by atoms with E-state index >= 15 is 0 Å². The minimum Gasteiger partial charge on any atom is -0.478 e. The number of benzene rings is 2. The first-order chi connectivity index (χ1) is 22.4. The highest BCUT2D eigenvalue weighted by molar-refractivity contribution is 5.97. The van der Waals surface area contributed by atoms with E-state index in [1.54, 1.807) is 0 Å². The molecule has 0 saturated carbocycles. The van der Waals surface area contributed by atoms with Gasteiger partial charge >= 0.3 is 12.1 Å². The maximum absolute atomic E-state index is 13.1. The number of alkyl carbamates (subject to hydrolysis) is 1. The summed E-state index contributed by atoms with van der Waals surface area (Å²) in [5.41, 5.74) is 1.47. The summed E-state index contributed by atoms with van der Waals surface area (Å²) in [6.07, 6.45) is 17.4. The second-order valence-corrected chi connectivity index (χ2v) is 12.0. The van der Waals surface area contributed by atoms with Crippen molar-refractivity contribution in [3.8, 4) is 0 Å². The van der Waals surface area contributed by atoms with Crippen LogP contribution in [0.3, 0.4) is 0 Å². The molecular formula is C37H55N3O6. The van der Waals surface area contributed by atoms with E-state index in [1.165, 1.54) is 88.5 Å². The van der Waals surface area contributed by atoms with Crippen LogP contribution in [0.5, 0.6) is 0 Å². The Hall–Kier alpha value is -3.88. The molecule has 254 valence electrons. The Balaban J connectivity index is 1.70. The smallest absolute Gasteiger partial charge is 0.407 e. The molecule has 0 bridgehead atoms. The third-order valence-corrected chi connectivity index (χ3v) is 7.96. The fourth-order valence-electron chi connectivity index (χ4n) is 5.20. The number of aromatic carboxylic acids is 1. The molecule has 4 N–H and O–H groups in total. The maximum Gasteiger partial charge on any atom is 0.407 e. The van der Waals surface area contributed by atoms with Gasteiger partial charge in [-0.2, -0.15) is 0 Å². The lowest BCUT2D eigenvalue weighted by molar-refractivity contribution is -0.126. The normalized spacial score (nSPS) is 11.4. The number of carboxylic acids is 1. The van der Waals surface area contributed by atoms with Gasteiger partial charge in [-0.25, -0.2) is 9.59 Å². The van der Waals surface area contributed by atoms with Gasteiger partial charge in [-0.05, 0) is 55.5 Å². The quantitative estimate of drug-likeness (QED) is 0.0808. The summed E-state index contributed by atoms with van der Waals surface area (Å²) >= 11 is 0. The Morgan fingerprint density at radius 2 is 1.30 bits per heavy atom. The van der Waals surface area contributed by atoms with E-state index in [0.717, 1.165) is 24.8 Å². The Bertz CT molecular complexity index is 1140. The zero-order valence-electron chi connectivity index (χ0n) is 27.7. The van der Waals surface area contributed by atoms with Crippen molar-refractivity contribution >= 4 is 29.6 Å². The lowest BCUT2D eigenvalue weighted by Crippen LogP contribution is -2.43. The van der Waals surface area contributed by atoms with E-state index in [2.05, 4.69) is 22.9 Å². The number of carbonyl (C=O) groups is 4. The van der Waals surface area contributed by atoms with Crippen molar-refractivity contribution in [2.24, 2.45) is 0 Å². The molecule has 3 amide bonds. The van der Waals surface area contributed by atoms with E-state index in [0.29, 0.717) is 37.9 Å². The monoisotopic (exact) mass is 637 g/mol. The summed E-state index contributed by atoms with van der Waals surface area (Å²) < 4.78 is 5.23. The summed E-state index contributed by atoms with van der Waals surface area (Å²) in [5, 5.41) is 17.5. The molecule has 9 heteroatoms. The van der Waals surface area contributed by atoms with Crippen molar-refractivity contribution in [3.05, 3.63) is 65.7 Å². The number of rotatable bonds is 25. The zero-order valence-corrected chi connectivity index (χ0v) is 27.7. The number of anilines is 1. The summed E-state index contributed by atoms with van der Waals surface area (Å²) in [7, 11) is 0. The van der Waals surface area contributed by atoms with Crippen LogP contribution in [0.15, 0.2) is 54.6 Å². The number of carbonyl (C=O) groups excluding carboxylic acids is 3. The molecule has 9 nitrogen and oxygen atoms in total. The minimum absolute atomic E-state index is 0.121. The molecule has 0 heterocycles. The van der Waals surface area contributed by atoms with E-state index in [-0.39, 0.29) is 24.0 Å². The average molecular weight is 638 g/mol. The van der Waals surface area contributed by atoms with Crippen LogP contribution >= 0.6 is 0 Å². The molecule has 2 aromatic rings. The van der Waals surface area contributed by atoms with Crippen LogP contribution in [-0.2, 0) is 20.9 Å². The Kier molecular flexibility index (Phi) is 20.3. The van der Waals surface area contributed by atoms with Gasteiger partial charge in [0.05, 0.1) is 5.56 Å². The minimum atomic E-state index is -1.05. The first kappa shape index (κ1) is 38.3. The molecular weight excluding hydrogens is 582 g/mol. The van der Waals surface area contributed by atoms with Gasteiger partial charge in [-0.1, -0.05) is 114 Å². The summed E-state index contributed by atoms with van der Waals surface area (Å²) in [6.45, 7) is 2.81. The number of hydrogen-bond donors (Lipinski definition) is 4. The lowest BCUT2D eigenvalue weighted by Gasteiger charge is -2.19. The van der Waals surface area contributed by atoms with Crippen molar-refractivity contribution in [3.63, 3.8) is 0 Å². The van der Waals surface area contributed by atoms with Crippen molar-refractivity contribution in [1.29, 1.82) is 0 Å². The zero-order chi connectivity index (χ0) is 33.2. The Morgan fingerprint density at radius 3 is 1.89 bits per heavy atom. The first-order valence-electron chi connectivity index (χ1n) is 17.3. The van der Waals surface area contributed by atoms with Crippen molar-refractivity contribution < 1.29 is 29.0 Å². The summed E-state index contributed by atoms with van der Waals surface area (Å²) in [6, 6.07) is 14.6. The van der Waals surface area contributed by atoms with Gasteiger partial charge in [0, 0.05) is 18.7 Å². The van der Waals surface area contributed by atoms with E-state index < -0.39 is 18.1 Å². The molecule has 2 aromatic carbocycles. The van der Waals surface area contributed by atoms with E-state index in [1.807, 2.05) is 30.3 Å². The number of amides is 3. The van der Waals surface area contributed by atoms with E-state index in [4.69, 9.17) is 9.84 Å². The van der Waals surface area contributed by atoms with Gasteiger partial charge in [-0.3, -0.25) is 9.59 Å². The second-order valence-electron chi connectivity index (χ2n) is 12.0. The Morgan fingerprint density at radius 1 is 0.717 bits per heavy atom. The van der Waals surface area contributed by atoms with Crippen LogP contribution in [0.25, 0.3) is 0 Å². The molecule has 0 fully saturated rings. The van der Waals surface area contributed by atoms with Gasteiger partial charge < -0.3 is 25.8 Å². The molecule has 2 rings (SSSR count). The van der Waals surface area contributed by atoms with Crippen molar-refractivity contribution in [2.75, 3.05) is 11.9 Å². The molecule has 46 heavy (non-hydrogen) atoms. The number of nitrogens with one attached hydrogen (secondary N) is 3.